The van der Waals surface area contributed by atoms with Crippen LogP contribution in [0.2, 0.25) is 0 Å². The van der Waals surface area contributed by atoms with Gasteiger partial charge in [0.15, 0.2) is 12.4 Å². The van der Waals surface area contributed by atoms with E-state index < -0.39 is 24.5 Å². The third-order valence-electron chi connectivity index (χ3n) is 6.40. The Hall–Kier alpha value is -3.30. The van der Waals surface area contributed by atoms with Crippen molar-refractivity contribution in [3.05, 3.63) is 112 Å². The molecule has 0 spiro atoms. The molecule has 0 N–H and O–H groups in total. The van der Waals surface area contributed by atoms with Crippen molar-refractivity contribution < 1.29 is 24.1 Å². The maximum atomic E-state index is 12.3. The molecule has 8 nitrogen and oxygen atoms in total. The predicted molar refractivity (Wildman–Crippen MR) is 123 cm³/mol. The number of fused-ring (bicyclic) bond motifs is 1. The molecule has 8 heteroatoms. The molecule has 3 aromatic rings. The van der Waals surface area contributed by atoms with E-state index in [-0.39, 0.29) is 10.8 Å². The summed E-state index contributed by atoms with van der Waals surface area (Å²) in [6, 6.07) is 25.1. The lowest BCUT2D eigenvalue weighted by atomic mass is 9.82. The molecule has 0 aromatic heterocycles. The zero-order valence-corrected chi connectivity index (χ0v) is 18.7. The van der Waals surface area contributed by atoms with Gasteiger partial charge in [-0.25, -0.2) is 4.84 Å². The summed E-state index contributed by atoms with van der Waals surface area (Å²) >= 11 is 0. The average Bonchev–Trinajstić information content (AvgIpc) is 3.28. The van der Waals surface area contributed by atoms with E-state index in [4.69, 9.17) is 19.1 Å². The molecule has 34 heavy (non-hydrogen) atoms. The number of hydroxylamine groups is 2. The van der Waals surface area contributed by atoms with E-state index in [0.717, 1.165) is 22.4 Å². The summed E-state index contributed by atoms with van der Waals surface area (Å²) in [6.45, 7) is 0.329. The molecule has 5 rings (SSSR count). The standard InChI is InChI=1S/C26H26N2O6/c1-31-21-14-12-18(13-15-21)17-32-23-16-22(19-8-4-2-5-9-19)24-25(27(29)30)26(34-28(24)33-23)20-10-6-3-7-11-20/h2-15,22-26H,16-17H2,1H3/t22-,23+,24?,25?,26?/m0/s1. The van der Waals surface area contributed by atoms with Gasteiger partial charge in [0.25, 0.3) is 6.04 Å². The van der Waals surface area contributed by atoms with E-state index in [2.05, 4.69) is 0 Å². The highest BCUT2D eigenvalue weighted by molar-refractivity contribution is 5.27. The first-order valence-corrected chi connectivity index (χ1v) is 11.2. The normalized spacial score (nSPS) is 26.7. The lowest BCUT2D eigenvalue weighted by Gasteiger charge is -2.38. The monoisotopic (exact) mass is 462 g/mol. The molecule has 5 atom stereocenters. The molecule has 0 aliphatic carbocycles. The van der Waals surface area contributed by atoms with Crippen LogP contribution in [-0.2, 0) is 21.0 Å². The topological polar surface area (TPSA) is 83.3 Å². The molecule has 0 radical (unpaired) electrons. The Morgan fingerprint density at radius 1 is 0.941 bits per heavy atom. The van der Waals surface area contributed by atoms with Crippen LogP contribution < -0.4 is 4.74 Å². The van der Waals surface area contributed by atoms with Crippen LogP contribution in [0.15, 0.2) is 84.9 Å². The Bertz CT molecular complexity index is 1100. The van der Waals surface area contributed by atoms with Crippen molar-refractivity contribution in [1.82, 2.24) is 5.23 Å². The third-order valence-corrected chi connectivity index (χ3v) is 6.40. The summed E-state index contributed by atoms with van der Waals surface area (Å²) in [7, 11) is 1.62. The Kier molecular flexibility index (Phi) is 6.55. The van der Waals surface area contributed by atoms with Gasteiger partial charge < -0.3 is 9.47 Å². The lowest BCUT2D eigenvalue weighted by Crippen LogP contribution is -2.50. The molecule has 2 fully saturated rings. The zero-order valence-electron chi connectivity index (χ0n) is 18.7. The van der Waals surface area contributed by atoms with Crippen LogP contribution in [-0.4, -0.2) is 35.6 Å². The maximum absolute atomic E-state index is 12.3. The highest BCUT2D eigenvalue weighted by atomic mass is 17.0. The van der Waals surface area contributed by atoms with Crippen LogP contribution in [0.3, 0.4) is 0 Å². The zero-order chi connectivity index (χ0) is 23.5. The number of rotatable bonds is 7. The Morgan fingerprint density at radius 2 is 1.59 bits per heavy atom. The summed E-state index contributed by atoms with van der Waals surface area (Å²) in [5.41, 5.74) is 2.70. The summed E-state index contributed by atoms with van der Waals surface area (Å²) in [4.78, 5) is 24.1. The minimum atomic E-state index is -0.991. The molecule has 2 heterocycles. The van der Waals surface area contributed by atoms with E-state index >= 15 is 0 Å². The van der Waals surface area contributed by atoms with Gasteiger partial charge in [-0.3, -0.25) is 15.0 Å². The first-order chi connectivity index (χ1) is 16.6. The number of hydrogen-bond acceptors (Lipinski definition) is 7. The van der Waals surface area contributed by atoms with Gasteiger partial charge in [-0.15, -0.1) is 0 Å². The first kappa shape index (κ1) is 22.5. The average molecular weight is 463 g/mol. The van der Waals surface area contributed by atoms with Crippen molar-refractivity contribution in [3.8, 4) is 5.75 Å². The second kappa shape index (κ2) is 9.90. The van der Waals surface area contributed by atoms with E-state index in [1.165, 1.54) is 5.23 Å². The van der Waals surface area contributed by atoms with Crippen molar-refractivity contribution in [2.75, 3.05) is 7.11 Å². The van der Waals surface area contributed by atoms with Crippen LogP contribution >= 0.6 is 0 Å². The summed E-state index contributed by atoms with van der Waals surface area (Å²) < 4.78 is 11.3. The number of nitro groups is 1. The highest BCUT2D eigenvalue weighted by Gasteiger charge is 2.59. The molecule has 0 saturated carbocycles. The van der Waals surface area contributed by atoms with Crippen LogP contribution in [0.5, 0.6) is 5.75 Å². The predicted octanol–water partition coefficient (Wildman–Crippen LogP) is 4.66. The Labute approximate surface area is 197 Å². The van der Waals surface area contributed by atoms with Gasteiger partial charge in [0.2, 0.25) is 0 Å². The van der Waals surface area contributed by atoms with E-state index in [9.17, 15) is 10.1 Å². The van der Waals surface area contributed by atoms with Gasteiger partial charge >= 0.3 is 0 Å². The maximum Gasteiger partial charge on any atom is 0.265 e. The van der Waals surface area contributed by atoms with Gasteiger partial charge in [0.1, 0.15) is 11.8 Å². The quantitative estimate of drug-likeness (QED) is 0.373. The molecule has 176 valence electrons. The fourth-order valence-electron chi connectivity index (χ4n) is 4.71. The van der Waals surface area contributed by atoms with Gasteiger partial charge in [-0.05, 0) is 28.8 Å². The number of benzene rings is 3. The number of hydrogen-bond donors (Lipinski definition) is 0. The number of methoxy groups -OCH3 is 1. The summed E-state index contributed by atoms with van der Waals surface area (Å²) in [5, 5.41) is 13.6. The second-order valence-corrected chi connectivity index (χ2v) is 8.44. The highest BCUT2D eigenvalue weighted by Crippen LogP contribution is 2.46. The van der Waals surface area contributed by atoms with Crippen molar-refractivity contribution in [3.63, 3.8) is 0 Å². The fraction of sp³-hybridized carbons (Fsp3) is 0.308. The molecule has 2 aliphatic rings. The van der Waals surface area contributed by atoms with E-state index in [0.29, 0.717) is 13.0 Å². The Balaban J connectivity index is 1.41. The molecular weight excluding hydrogens is 436 g/mol. The van der Waals surface area contributed by atoms with Crippen LogP contribution in [0.25, 0.3) is 0 Å². The minimum absolute atomic E-state index is 0.208. The first-order valence-electron chi connectivity index (χ1n) is 11.2. The van der Waals surface area contributed by atoms with Crippen molar-refractivity contribution >= 4 is 0 Å². The largest absolute Gasteiger partial charge is 0.497 e. The van der Waals surface area contributed by atoms with Gasteiger partial charge in [-0.1, -0.05) is 78.0 Å². The number of ether oxygens (including phenoxy) is 2. The summed E-state index contributed by atoms with van der Waals surface area (Å²) in [5.74, 6) is 0.563. The van der Waals surface area contributed by atoms with Crippen molar-refractivity contribution in [2.24, 2.45) is 0 Å². The van der Waals surface area contributed by atoms with Gasteiger partial charge in [0.05, 0.1) is 13.7 Å². The third kappa shape index (κ3) is 4.53. The molecule has 2 aliphatic heterocycles. The SMILES string of the molecule is COc1ccc(CO[C@H]2C[C@@H](c3ccccc3)C3C([N+](=O)[O-])C(c4ccccc4)ON3O2)cc1. The van der Waals surface area contributed by atoms with Gasteiger partial charge in [0, 0.05) is 17.3 Å². The fourth-order valence-corrected chi connectivity index (χ4v) is 4.71. The second-order valence-electron chi connectivity index (χ2n) is 8.44. The molecule has 2 saturated heterocycles. The van der Waals surface area contributed by atoms with Crippen molar-refractivity contribution in [2.45, 2.75) is 43.4 Å². The van der Waals surface area contributed by atoms with Crippen LogP contribution in [0.4, 0.5) is 0 Å². The molecular formula is C26H26N2O6. The number of nitrogens with zero attached hydrogens (tertiary/aromatic N) is 2. The smallest absolute Gasteiger partial charge is 0.265 e. The summed E-state index contributed by atoms with van der Waals surface area (Å²) in [6.07, 6.45) is -0.908. The lowest BCUT2D eigenvalue weighted by molar-refractivity contribution is -0.533. The minimum Gasteiger partial charge on any atom is -0.497 e. The van der Waals surface area contributed by atoms with Crippen molar-refractivity contribution in [1.29, 1.82) is 0 Å². The van der Waals surface area contributed by atoms with Crippen LogP contribution in [0, 0.1) is 10.1 Å². The molecule has 0 amide bonds. The van der Waals surface area contributed by atoms with Gasteiger partial charge in [-0.2, -0.15) is 0 Å². The van der Waals surface area contributed by atoms with E-state index in [1.807, 2.05) is 84.9 Å². The van der Waals surface area contributed by atoms with E-state index in [1.54, 1.807) is 7.11 Å². The molecule has 0 bridgehead atoms. The van der Waals surface area contributed by atoms with Crippen LogP contribution in [0.1, 0.15) is 35.1 Å². The Morgan fingerprint density at radius 3 is 2.21 bits per heavy atom. The molecule has 3 aromatic carbocycles. The molecule has 3 unspecified atom stereocenters.